The Morgan fingerprint density at radius 3 is 2.44 bits per heavy atom. The molecule has 0 aliphatic rings. The highest BCUT2D eigenvalue weighted by molar-refractivity contribution is 5.70. The van der Waals surface area contributed by atoms with Crippen LogP contribution in [-0.4, -0.2) is 11.2 Å². The molecule has 2 aromatic rings. The summed E-state index contributed by atoms with van der Waals surface area (Å²) in [5.74, 6) is 0.889. The highest BCUT2D eigenvalue weighted by atomic mass is 16.5. The number of phenolic OH excluding ortho intramolecular Hbond substituents is 1. The van der Waals surface area contributed by atoms with Crippen LogP contribution < -0.4 is 4.74 Å². The largest absolute Gasteiger partial charge is 0.508 e. The van der Waals surface area contributed by atoms with E-state index in [4.69, 9.17) is 10.00 Å². The summed E-state index contributed by atoms with van der Waals surface area (Å²) < 4.78 is 5.56. The van der Waals surface area contributed by atoms with Crippen molar-refractivity contribution in [1.29, 1.82) is 5.26 Å². The minimum absolute atomic E-state index is 0.225. The smallest absolute Gasteiger partial charge is 0.181 e. The molecule has 0 saturated carbocycles. The van der Waals surface area contributed by atoms with Crippen LogP contribution in [0.15, 0.2) is 48.5 Å². The Morgan fingerprint density at radius 2 is 1.78 bits per heavy atom. The zero-order valence-electron chi connectivity index (χ0n) is 10.00. The molecule has 1 N–H and O–H groups in total. The van der Waals surface area contributed by atoms with E-state index in [1.807, 2.05) is 42.5 Å². The molecule has 0 spiro atoms. The molecule has 3 nitrogen and oxygen atoms in total. The summed E-state index contributed by atoms with van der Waals surface area (Å²) in [6.07, 6.45) is -0.497. The minimum atomic E-state index is -0.497. The Labute approximate surface area is 106 Å². The second kappa shape index (κ2) is 5.24. The Balaban J connectivity index is 2.39. The average Bonchev–Trinajstić information content (AvgIpc) is 2.40. The highest BCUT2D eigenvalue weighted by Crippen LogP contribution is 2.31. The molecular weight excluding hydrogens is 226 g/mol. The van der Waals surface area contributed by atoms with Gasteiger partial charge in [0.25, 0.3) is 0 Å². The van der Waals surface area contributed by atoms with Crippen LogP contribution in [0, 0.1) is 11.3 Å². The molecule has 0 unspecified atom stereocenters. The molecule has 3 heteroatoms. The van der Waals surface area contributed by atoms with Gasteiger partial charge in [0.2, 0.25) is 0 Å². The van der Waals surface area contributed by atoms with Crippen molar-refractivity contribution in [3.63, 3.8) is 0 Å². The van der Waals surface area contributed by atoms with Crippen molar-refractivity contribution >= 4 is 0 Å². The fourth-order valence-corrected chi connectivity index (χ4v) is 1.67. The molecule has 0 fully saturated rings. The Morgan fingerprint density at radius 1 is 1.11 bits per heavy atom. The lowest BCUT2D eigenvalue weighted by molar-refractivity contribution is 0.277. The van der Waals surface area contributed by atoms with E-state index in [1.54, 1.807) is 19.1 Å². The van der Waals surface area contributed by atoms with Crippen LogP contribution >= 0.6 is 0 Å². The first-order chi connectivity index (χ1) is 8.70. The topological polar surface area (TPSA) is 53.2 Å². The first kappa shape index (κ1) is 12.0. The van der Waals surface area contributed by atoms with E-state index in [9.17, 15) is 5.11 Å². The third-order valence-electron chi connectivity index (χ3n) is 2.55. The van der Waals surface area contributed by atoms with E-state index in [0.717, 1.165) is 11.1 Å². The summed E-state index contributed by atoms with van der Waals surface area (Å²) >= 11 is 0. The maximum Gasteiger partial charge on any atom is 0.181 e. The molecule has 0 aliphatic carbocycles. The quantitative estimate of drug-likeness (QED) is 0.893. The van der Waals surface area contributed by atoms with Gasteiger partial charge in [0.15, 0.2) is 6.10 Å². The third kappa shape index (κ3) is 2.61. The summed E-state index contributed by atoms with van der Waals surface area (Å²) in [5, 5.41) is 18.1. The third-order valence-corrected chi connectivity index (χ3v) is 2.55. The molecule has 18 heavy (non-hydrogen) atoms. The van der Waals surface area contributed by atoms with Gasteiger partial charge in [-0.25, -0.2) is 0 Å². The van der Waals surface area contributed by atoms with Crippen molar-refractivity contribution < 1.29 is 9.84 Å². The van der Waals surface area contributed by atoms with Crippen molar-refractivity contribution in [1.82, 2.24) is 0 Å². The van der Waals surface area contributed by atoms with Crippen molar-refractivity contribution in [2.45, 2.75) is 13.0 Å². The SMILES string of the molecule is C[C@H](C#N)Oc1ccccc1-c1ccc(O)cc1. The van der Waals surface area contributed by atoms with Crippen LogP contribution in [-0.2, 0) is 0 Å². The summed E-state index contributed by atoms with van der Waals surface area (Å²) in [6, 6.07) is 16.4. The van der Waals surface area contributed by atoms with Gasteiger partial charge in [-0.2, -0.15) is 5.26 Å². The van der Waals surface area contributed by atoms with Gasteiger partial charge in [-0.1, -0.05) is 30.3 Å². The zero-order valence-corrected chi connectivity index (χ0v) is 10.00. The maximum absolute atomic E-state index is 9.28. The number of phenols is 1. The summed E-state index contributed by atoms with van der Waals surface area (Å²) in [7, 11) is 0. The van der Waals surface area contributed by atoms with Crippen LogP contribution in [0.3, 0.4) is 0 Å². The van der Waals surface area contributed by atoms with E-state index >= 15 is 0 Å². The van der Waals surface area contributed by atoms with Crippen LogP contribution in [0.4, 0.5) is 0 Å². The van der Waals surface area contributed by atoms with Crippen molar-refractivity contribution in [2.24, 2.45) is 0 Å². The zero-order chi connectivity index (χ0) is 13.0. The predicted octanol–water partition coefficient (Wildman–Crippen LogP) is 3.35. The maximum atomic E-state index is 9.28. The number of hydrogen-bond donors (Lipinski definition) is 1. The summed E-state index contributed by atoms with van der Waals surface area (Å²) in [4.78, 5) is 0. The van der Waals surface area contributed by atoms with Crippen LogP contribution in [0.2, 0.25) is 0 Å². The van der Waals surface area contributed by atoms with Gasteiger partial charge in [0.1, 0.15) is 17.6 Å². The average molecular weight is 239 g/mol. The first-order valence-electron chi connectivity index (χ1n) is 5.65. The number of nitrogens with zero attached hydrogens (tertiary/aromatic N) is 1. The van der Waals surface area contributed by atoms with Gasteiger partial charge in [-0.05, 0) is 30.7 Å². The molecule has 0 radical (unpaired) electrons. The molecule has 0 heterocycles. The van der Waals surface area contributed by atoms with Crippen LogP contribution in [0.5, 0.6) is 11.5 Å². The van der Waals surface area contributed by atoms with Crippen LogP contribution in [0.1, 0.15) is 6.92 Å². The van der Waals surface area contributed by atoms with Gasteiger partial charge in [-0.3, -0.25) is 0 Å². The van der Waals surface area contributed by atoms with E-state index in [0.29, 0.717) is 5.75 Å². The Hall–Kier alpha value is -2.47. The molecule has 0 amide bonds. The molecule has 0 bridgehead atoms. The molecule has 0 saturated heterocycles. The highest BCUT2D eigenvalue weighted by Gasteiger charge is 2.08. The normalized spacial score (nSPS) is 11.6. The summed E-state index contributed by atoms with van der Waals surface area (Å²) in [6.45, 7) is 1.70. The molecule has 2 aromatic carbocycles. The Kier molecular flexibility index (Phi) is 3.49. The standard InChI is InChI=1S/C15H13NO2/c1-11(10-16)18-15-5-3-2-4-14(15)12-6-8-13(17)9-7-12/h2-9,11,17H,1H3/t11-/m1/s1. The molecule has 1 atom stereocenters. The van der Waals surface area contributed by atoms with Gasteiger partial charge >= 0.3 is 0 Å². The minimum Gasteiger partial charge on any atom is -0.508 e. The summed E-state index contributed by atoms with van der Waals surface area (Å²) in [5.41, 5.74) is 1.84. The fraction of sp³-hybridized carbons (Fsp3) is 0.133. The monoisotopic (exact) mass is 239 g/mol. The van der Waals surface area contributed by atoms with E-state index in [2.05, 4.69) is 0 Å². The second-order valence-corrected chi connectivity index (χ2v) is 3.93. The number of rotatable bonds is 3. The fourth-order valence-electron chi connectivity index (χ4n) is 1.67. The lowest BCUT2D eigenvalue weighted by atomic mass is 10.0. The lowest BCUT2D eigenvalue weighted by Gasteiger charge is -2.12. The number of ether oxygens (including phenoxy) is 1. The number of benzene rings is 2. The van der Waals surface area contributed by atoms with Gasteiger partial charge in [-0.15, -0.1) is 0 Å². The van der Waals surface area contributed by atoms with Crippen molar-refractivity contribution in [2.75, 3.05) is 0 Å². The Bertz CT molecular complexity index is 570. The molecule has 2 rings (SSSR count). The number of para-hydroxylation sites is 1. The van der Waals surface area contributed by atoms with E-state index < -0.39 is 6.10 Å². The van der Waals surface area contributed by atoms with Crippen molar-refractivity contribution in [3.8, 4) is 28.7 Å². The van der Waals surface area contributed by atoms with Gasteiger partial charge in [0, 0.05) is 5.56 Å². The molecule has 0 aromatic heterocycles. The van der Waals surface area contributed by atoms with E-state index in [1.165, 1.54) is 0 Å². The molecular formula is C15H13NO2. The number of aromatic hydroxyl groups is 1. The van der Waals surface area contributed by atoms with E-state index in [-0.39, 0.29) is 5.75 Å². The number of hydrogen-bond acceptors (Lipinski definition) is 3. The number of nitriles is 1. The predicted molar refractivity (Wildman–Crippen MR) is 69.2 cm³/mol. The molecule has 0 aliphatic heterocycles. The first-order valence-corrected chi connectivity index (χ1v) is 5.65. The van der Waals surface area contributed by atoms with Gasteiger partial charge in [0.05, 0.1) is 0 Å². The lowest BCUT2D eigenvalue weighted by Crippen LogP contribution is -2.08. The van der Waals surface area contributed by atoms with Crippen molar-refractivity contribution in [3.05, 3.63) is 48.5 Å². The second-order valence-electron chi connectivity index (χ2n) is 3.93. The molecule has 90 valence electrons. The van der Waals surface area contributed by atoms with Gasteiger partial charge < -0.3 is 9.84 Å². The van der Waals surface area contributed by atoms with Crippen LogP contribution in [0.25, 0.3) is 11.1 Å².